The molecule has 110 valence electrons. The fourth-order valence-corrected chi connectivity index (χ4v) is 3.95. The van der Waals surface area contributed by atoms with Crippen molar-refractivity contribution in [2.24, 2.45) is 11.7 Å². The first-order valence-electron chi connectivity index (χ1n) is 7.91. The number of hydrogen-bond acceptors (Lipinski definition) is 3. The van der Waals surface area contributed by atoms with Crippen LogP contribution in [0.25, 0.3) is 0 Å². The Hall–Kier alpha value is -1.22. The van der Waals surface area contributed by atoms with Crippen molar-refractivity contribution in [3.8, 4) is 0 Å². The fourth-order valence-electron chi connectivity index (χ4n) is 3.95. The third kappa shape index (κ3) is 2.64. The first-order valence-corrected chi connectivity index (χ1v) is 7.91. The molecule has 0 amide bonds. The predicted octanol–water partition coefficient (Wildman–Crippen LogP) is 2.85. The maximum absolute atomic E-state index is 6.72. The Labute approximate surface area is 122 Å². The van der Waals surface area contributed by atoms with Crippen molar-refractivity contribution < 1.29 is 0 Å². The van der Waals surface area contributed by atoms with Gasteiger partial charge in [0.15, 0.2) is 0 Å². The topological polar surface area (TPSA) is 32.5 Å². The van der Waals surface area contributed by atoms with Crippen LogP contribution >= 0.6 is 0 Å². The van der Waals surface area contributed by atoms with Gasteiger partial charge < -0.3 is 15.5 Å². The summed E-state index contributed by atoms with van der Waals surface area (Å²) in [6.45, 7) is 5.52. The summed E-state index contributed by atoms with van der Waals surface area (Å²) in [5.74, 6) is 0.774. The molecule has 0 saturated heterocycles. The zero-order valence-corrected chi connectivity index (χ0v) is 12.8. The zero-order chi connectivity index (χ0) is 14.2. The van der Waals surface area contributed by atoms with Crippen LogP contribution in [0.3, 0.4) is 0 Å². The van der Waals surface area contributed by atoms with Crippen LogP contribution in [0.2, 0.25) is 0 Å². The summed E-state index contributed by atoms with van der Waals surface area (Å²) in [5, 5.41) is 0. The Morgan fingerprint density at radius 2 is 2.00 bits per heavy atom. The molecule has 3 nitrogen and oxygen atoms in total. The first kappa shape index (κ1) is 13.7. The lowest BCUT2D eigenvalue weighted by Crippen LogP contribution is -2.55. The van der Waals surface area contributed by atoms with E-state index < -0.39 is 0 Å². The summed E-state index contributed by atoms with van der Waals surface area (Å²) in [5.41, 5.74) is 9.41. The molecule has 0 aromatic heterocycles. The van der Waals surface area contributed by atoms with Crippen LogP contribution in [-0.4, -0.2) is 32.2 Å². The van der Waals surface area contributed by atoms with Gasteiger partial charge in [-0.25, -0.2) is 0 Å². The molecule has 3 heteroatoms. The van der Waals surface area contributed by atoms with Crippen LogP contribution in [0.1, 0.15) is 32.6 Å². The largest absolute Gasteiger partial charge is 0.371 e. The number of anilines is 2. The minimum absolute atomic E-state index is 0.000684. The SMILES string of the molecule is CC1CCCC(N)(CN2CCN(C)c3ccccc32)C1. The van der Waals surface area contributed by atoms with Gasteiger partial charge in [0.25, 0.3) is 0 Å². The normalized spacial score (nSPS) is 30.2. The lowest BCUT2D eigenvalue weighted by atomic mass is 9.76. The lowest BCUT2D eigenvalue weighted by molar-refractivity contribution is 0.239. The van der Waals surface area contributed by atoms with Crippen LogP contribution in [0.5, 0.6) is 0 Å². The molecule has 2 aliphatic rings. The molecule has 1 aromatic carbocycles. The highest BCUT2D eigenvalue weighted by atomic mass is 15.3. The summed E-state index contributed by atoms with van der Waals surface area (Å²) in [6, 6.07) is 8.71. The quantitative estimate of drug-likeness (QED) is 0.899. The van der Waals surface area contributed by atoms with E-state index in [1.807, 2.05) is 0 Å². The van der Waals surface area contributed by atoms with Crippen LogP contribution in [0.4, 0.5) is 11.4 Å². The van der Waals surface area contributed by atoms with E-state index in [1.165, 1.54) is 37.1 Å². The smallest absolute Gasteiger partial charge is 0.0605 e. The highest BCUT2D eigenvalue weighted by Crippen LogP contribution is 2.36. The van der Waals surface area contributed by atoms with Gasteiger partial charge in [-0.05, 0) is 30.9 Å². The van der Waals surface area contributed by atoms with Crippen LogP contribution in [0.15, 0.2) is 24.3 Å². The van der Waals surface area contributed by atoms with Gasteiger partial charge in [-0.15, -0.1) is 0 Å². The second kappa shape index (κ2) is 5.28. The van der Waals surface area contributed by atoms with Gasteiger partial charge in [0.1, 0.15) is 0 Å². The molecule has 0 bridgehead atoms. The monoisotopic (exact) mass is 273 g/mol. The Morgan fingerprint density at radius 1 is 1.25 bits per heavy atom. The predicted molar refractivity (Wildman–Crippen MR) is 86.5 cm³/mol. The molecule has 2 unspecified atom stereocenters. The maximum Gasteiger partial charge on any atom is 0.0605 e. The van der Waals surface area contributed by atoms with Crippen molar-refractivity contribution in [1.29, 1.82) is 0 Å². The molecule has 1 aliphatic heterocycles. The average Bonchev–Trinajstić information content (AvgIpc) is 2.42. The van der Waals surface area contributed by atoms with E-state index in [0.717, 1.165) is 25.6 Å². The second-order valence-corrected chi connectivity index (χ2v) is 6.90. The number of rotatable bonds is 2. The van der Waals surface area contributed by atoms with Crippen molar-refractivity contribution in [2.75, 3.05) is 36.5 Å². The summed E-state index contributed by atoms with van der Waals surface area (Å²) >= 11 is 0. The van der Waals surface area contributed by atoms with Crippen LogP contribution in [0, 0.1) is 5.92 Å². The standard InChI is InChI=1S/C17H27N3/c1-14-6-5-9-17(18,12-14)13-20-11-10-19(2)15-7-3-4-8-16(15)20/h3-4,7-8,14H,5-6,9-13,18H2,1-2H3. The van der Waals surface area contributed by atoms with Gasteiger partial charge >= 0.3 is 0 Å². The number of nitrogens with zero attached hydrogens (tertiary/aromatic N) is 2. The molecule has 3 rings (SSSR count). The third-order valence-electron chi connectivity index (χ3n) is 4.97. The molecule has 2 N–H and O–H groups in total. The van der Waals surface area contributed by atoms with E-state index in [4.69, 9.17) is 5.73 Å². The van der Waals surface area contributed by atoms with Crippen molar-refractivity contribution in [3.63, 3.8) is 0 Å². The molecule has 1 fully saturated rings. The summed E-state index contributed by atoms with van der Waals surface area (Å²) < 4.78 is 0. The van der Waals surface area contributed by atoms with Crippen molar-refractivity contribution >= 4 is 11.4 Å². The van der Waals surface area contributed by atoms with Crippen LogP contribution < -0.4 is 15.5 Å². The molecule has 1 heterocycles. The highest BCUT2D eigenvalue weighted by molar-refractivity contribution is 5.73. The van der Waals surface area contributed by atoms with E-state index in [1.54, 1.807) is 0 Å². The Morgan fingerprint density at radius 3 is 2.75 bits per heavy atom. The minimum atomic E-state index is 0.000684. The van der Waals surface area contributed by atoms with Gasteiger partial charge in [0.05, 0.1) is 11.4 Å². The second-order valence-electron chi connectivity index (χ2n) is 6.90. The van der Waals surface area contributed by atoms with E-state index in [-0.39, 0.29) is 5.54 Å². The number of hydrogen-bond donors (Lipinski definition) is 1. The van der Waals surface area contributed by atoms with Crippen LogP contribution in [-0.2, 0) is 0 Å². The zero-order valence-electron chi connectivity index (χ0n) is 12.8. The molecule has 1 aromatic rings. The van der Waals surface area contributed by atoms with Gasteiger partial charge in [0.2, 0.25) is 0 Å². The summed E-state index contributed by atoms with van der Waals surface area (Å²) in [6.07, 6.45) is 4.97. The van der Waals surface area contributed by atoms with E-state index >= 15 is 0 Å². The van der Waals surface area contributed by atoms with Gasteiger partial charge in [-0.2, -0.15) is 0 Å². The number of nitrogens with two attached hydrogens (primary N) is 1. The molecule has 1 aliphatic carbocycles. The molecular formula is C17H27N3. The van der Waals surface area contributed by atoms with E-state index in [9.17, 15) is 0 Å². The molecule has 0 radical (unpaired) electrons. The van der Waals surface area contributed by atoms with Gasteiger partial charge in [-0.1, -0.05) is 31.9 Å². The third-order valence-corrected chi connectivity index (χ3v) is 4.97. The van der Waals surface area contributed by atoms with E-state index in [0.29, 0.717) is 0 Å². The fraction of sp³-hybridized carbons (Fsp3) is 0.647. The van der Waals surface area contributed by atoms with Gasteiger partial charge in [0, 0.05) is 32.2 Å². The van der Waals surface area contributed by atoms with E-state index in [2.05, 4.69) is 48.0 Å². The van der Waals surface area contributed by atoms with Crippen molar-refractivity contribution in [3.05, 3.63) is 24.3 Å². The minimum Gasteiger partial charge on any atom is -0.371 e. The lowest BCUT2D eigenvalue weighted by Gasteiger charge is -2.44. The Kier molecular flexibility index (Phi) is 3.63. The van der Waals surface area contributed by atoms with Crippen molar-refractivity contribution in [1.82, 2.24) is 0 Å². The van der Waals surface area contributed by atoms with Gasteiger partial charge in [-0.3, -0.25) is 0 Å². The molecule has 2 atom stereocenters. The number of likely N-dealkylation sites (N-methyl/N-ethyl adjacent to an activating group) is 1. The summed E-state index contributed by atoms with van der Waals surface area (Å²) in [4.78, 5) is 4.85. The number of fused-ring (bicyclic) bond motifs is 1. The molecule has 20 heavy (non-hydrogen) atoms. The molecular weight excluding hydrogens is 246 g/mol. The number of para-hydroxylation sites is 2. The first-order chi connectivity index (χ1) is 9.57. The maximum atomic E-state index is 6.72. The Bertz CT molecular complexity index is 473. The molecule has 1 saturated carbocycles. The highest BCUT2D eigenvalue weighted by Gasteiger charge is 2.34. The average molecular weight is 273 g/mol. The summed E-state index contributed by atoms with van der Waals surface area (Å²) in [7, 11) is 2.18. The van der Waals surface area contributed by atoms with Crippen molar-refractivity contribution in [2.45, 2.75) is 38.1 Å². The Balaban J connectivity index is 1.80. The molecule has 0 spiro atoms. The number of benzene rings is 1.